The largest absolute Gasteiger partial charge is 0.370 e. The van der Waals surface area contributed by atoms with Gasteiger partial charge in [-0.2, -0.15) is 0 Å². The fourth-order valence-electron chi connectivity index (χ4n) is 3.24. The molecular formula is C10H17ClN2O2. The smallest absolute Gasteiger partial charge is 0.219 e. The van der Waals surface area contributed by atoms with Gasteiger partial charge in [0.1, 0.15) is 0 Å². The summed E-state index contributed by atoms with van der Waals surface area (Å²) in [4.78, 5) is 15.7. The minimum absolute atomic E-state index is 0. The van der Waals surface area contributed by atoms with E-state index in [0.29, 0.717) is 18.2 Å². The molecule has 0 saturated carbocycles. The van der Waals surface area contributed by atoms with Crippen molar-refractivity contribution in [2.75, 3.05) is 20.1 Å². The summed E-state index contributed by atoms with van der Waals surface area (Å²) >= 11 is 0. The highest BCUT2D eigenvalue weighted by atomic mass is 35.5. The Labute approximate surface area is 96.0 Å². The maximum Gasteiger partial charge on any atom is 0.219 e. The maximum atomic E-state index is 11.3. The van der Waals surface area contributed by atoms with E-state index in [1.165, 1.54) is 0 Å². The maximum absolute atomic E-state index is 11.3. The van der Waals surface area contributed by atoms with Crippen LogP contribution in [0.4, 0.5) is 0 Å². The number of rotatable bonds is 1. The molecule has 3 aliphatic rings. The molecule has 5 heteroatoms. The molecule has 4 nitrogen and oxygen atoms in total. The molecular weight excluding hydrogens is 216 g/mol. The van der Waals surface area contributed by atoms with Crippen molar-refractivity contribution in [1.29, 1.82) is 0 Å². The van der Waals surface area contributed by atoms with Crippen molar-refractivity contribution in [3.63, 3.8) is 0 Å². The van der Waals surface area contributed by atoms with Gasteiger partial charge in [-0.15, -0.1) is 12.4 Å². The van der Waals surface area contributed by atoms with Gasteiger partial charge in [0, 0.05) is 27.1 Å². The monoisotopic (exact) mass is 232 g/mol. The van der Waals surface area contributed by atoms with Gasteiger partial charge >= 0.3 is 0 Å². The Morgan fingerprint density at radius 2 is 2.20 bits per heavy atom. The standard InChI is InChI=1S/C10H16N2O2.ClH/c1-6(13)11(2)9-8-5-12-4-3-7(14-8)10(9)12;/h7-10H,3-5H2,1-2H3;1H/t7?,8-,9+,10-;/m1./s1. The second-order valence-electron chi connectivity index (χ2n) is 4.61. The molecule has 2 bridgehead atoms. The number of carbonyl (C=O) groups excluding carboxylic acids is 1. The van der Waals surface area contributed by atoms with E-state index in [-0.39, 0.29) is 24.4 Å². The third-order valence-corrected chi connectivity index (χ3v) is 3.94. The molecule has 0 aromatic carbocycles. The first kappa shape index (κ1) is 11.2. The van der Waals surface area contributed by atoms with Crippen LogP contribution in [0.2, 0.25) is 0 Å². The molecule has 1 unspecified atom stereocenters. The molecule has 3 rings (SSSR count). The first-order chi connectivity index (χ1) is 6.68. The molecule has 3 fully saturated rings. The van der Waals surface area contributed by atoms with Gasteiger partial charge in [-0.3, -0.25) is 9.69 Å². The van der Waals surface area contributed by atoms with Crippen LogP contribution in [0, 0.1) is 0 Å². The second kappa shape index (κ2) is 3.61. The summed E-state index contributed by atoms with van der Waals surface area (Å²) in [6.07, 6.45) is 1.80. The summed E-state index contributed by atoms with van der Waals surface area (Å²) in [6, 6.07) is 0.786. The lowest BCUT2D eigenvalue weighted by molar-refractivity contribution is -0.130. The van der Waals surface area contributed by atoms with E-state index in [1.807, 2.05) is 11.9 Å². The Morgan fingerprint density at radius 1 is 1.47 bits per heavy atom. The Morgan fingerprint density at radius 3 is 2.80 bits per heavy atom. The van der Waals surface area contributed by atoms with Crippen LogP contribution in [0.5, 0.6) is 0 Å². The van der Waals surface area contributed by atoms with Crippen LogP contribution in [0.25, 0.3) is 0 Å². The summed E-state index contributed by atoms with van der Waals surface area (Å²) in [6.45, 7) is 3.80. The van der Waals surface area contributed by atoms with Crippen molar-refractivity contribution in [2.24, 2.45) is 0 Å². The highest BCUT2D eigenvalue weighted by molar-refractivity contribution is 5.85. The molecule has 0 N–H and O–H groups in total. The van der Waals surface area contributed by atoms with Gasteiger partial charge in [0.2, 0.25) is 5.91 Å². The average molecular weight is 233 g/mol. The Balaban J connectivity index is 0.000000853. The molecule has 3 saturated heterocycles. The zero-order valence-electron chi connectivity index (χ0n) is 9.05. The highest BCUT2D eigenvalue weighted by Gasteiger charge is 2.58. The highest BCUT2D eigenvalue weighted by Crippen LogP contribution is 2.41. The van der Waals surface area contributed by atoms with E-state index in [4.69, 9.17) is 4.74 Å². The molecule has 3 aliphatic heterocycles. The molecule has 15 heavy (non-hydrogen) atoms. The van der Waals surface area contributed by atoms with Crippen LogP contribution >= 0.6 is 12.4 Å². The number of ether oxygens (including phenoxy) is 1. The number of carbonyl (C=O) groups is 1. The van der Waals surface area contributed by atoms with Crippen molar-refractivity contribution < 1.29 is 9.53 Å². The van der Waals surface area contributed by atoms with Crippen molar-refractivity contribution in [1.82, 2.24) is 9.80 Å². The van der Waals surface area contributed by atoms with Gasteiger partial charge in [0.25, 0.3) is 0 Å². The molecule has 0 radical (unpaired) electrons. The number of hydrogen-bond acceptors (Lipinski definition) is 3. The minimum atomic E-state index is 0. The number of likely N-dealkylation sites (N-methyl/N-ethyl adjacent to an activating group) is 1. The zero-order chi connectivity index (χ0) is 9.87. The van der Waals surface area contributed by atoms with Crippen LogP contribution in [-0.4, -0.2) is 60.1 Å². The van der Waals surface area contributed by atoms with E-state index in [2.05, 4.69) is 4.90 Å². The Bertz CT molecular complexity index is 273. The molecule has 0 aromatic heterocycles. The number of morpholine rings is 1. The fourth-order valence-corrected chi connectivity index (χ4v) is 3.24. The topological polar surface area (TPSA) is 32.8 Å². The Kier molecular flexibility index (Phi) is 2.69. The van der Waals surface area contributed by atoms with Gasteiger partial charge in [-0.25, -0.2) is 0 Å². The van der Waals surface area contributed by atoms with Crippen molar-refractivity contribution in [2.45, 2.75) is 37.6 Å². The summed E-state index contributed by atoms with van der Waals surface area (Å²) < 4.78 is 5.90. The lowest BCUT2D eigenvalue weighted by Gasteiger charge is -2.26. The van der Waals surface area contributed by atoms with Gasteiger partial charge in [0.15, 0.2) is 0 Å². The van der Waals surface area contributed by atoms with Gasteiger partial charge in [-0.05, 0) is 6.42 Å². The third-order valence-electron chi connectivity index (χ3n) is 3.94. The quantitative estimate of drug-likeness (QED) is 0.644. The predicted octanol–water partition coefficient (Wildman–Crippen LogP) is 0.110. The molecule has 86 valence electrons. The van der Waals surface area contributed by atoms with E-state index < -0.39 is 0 Å². The lowest BCUT2D eigenvalue weighted by atomic mass is 10.1. The number of nitrogens with zero attached hydrogens (tertiary/aromatic N) is 2. The first-order valence-electron chi connectivity index (χ1n) is 5.31. The van der Waals surface area contributed by atoms with Crippen molar-refractivity contribution >= 4 is 18.3 Å². The van der Waals surface area contributed by atoms with Gasteiger partial charge in [-0.1, -0.05) is 0 Å². The molecule has 1 amide bonds. The lowest BCUT2D eigenvalue weighted by Crippen LogP contribution is -2.45. The fraction of sp³-hybridized carbons (Fsp3) is 0.900. The van der Waals surface area contributed by atoms with E-state index >= 15 is 0 Å². The summed E-state index contributed by atoms with van der Waals surface area (Å²) in [5, 5.41) is 0. The summed E-state index contributed by atoms with van der Waals surface area (Å²) in [5.74, 6) is 0.151. The third kappa shape index (κ3) is 1.39. The number of fused-ring (bicyclic) bond motifs is 1. The van der Waals surface area contributed by atoms with Crippen LogP contribution in [0.1, 0.15) is 13.3 Å². The van der Waals surface area contributed by atoms with E-state index in [1.54, 1.807) is 6.92 Å². The molecule has 0 aromatic rings. The Hall–Kier alpha value is -0.320. The van der Waals surface area contributed by atoms with E-state index in [0.717, 1.165) is 19.5 Å². The van der Waals surface area contributed by atoms with E-state index in [9.17, 15) is 4.79 Å². The van der Waals surface area contributed by atoms with Crippen LogP contribution in [0.15, 0.2) is 0 Å². The average Bonchev–Trinajstić information content (AvgIpc) is 2.70. The van der Waals surface area contributed by atoms with Gasteiger partial charge < -0.3 is 9.64 Å². The summed E-state index contributed by atoms with van der Waals surface area (Å²) in [7, 11) is 1.90. The second-order valence-corrected chi connectivity index (χ2v) is 4.61. The molecule has 0 aliphatic carbocycles. The minimum Gasteiger partial charge on any atom is -0.370 e. The summed E-state index contributed by atoms with van der Waals surface area (Å²) in [5.41, 5.74) is 0. The number of halogens is 1. The molecule has 4 atom stereocenters. The zero-order valence-corrected chi connectivity index (χ0v) is 9.87. The SMILES string of the molecule is CC(=O)N(C)[C@@H]1[C@H]2C3CCN2C[C@H]1O3.Cl. The van der Waals surface area contributed by atoms with Crippen LogP contribution < -0.4 is 0 Å². The number of hydrogen-bond donors (Lipinski definition) is 0. The molecule has 3 heterocycles. The van der Waals surface area contributed by atoms with Crippen LogP contribution in [0.3, 0.4) is 0 Å². The number of amides is 1. The van der Waals surface area contributed by atoms with Crippen LogP contribution in [-0.2, 0) is 9.53 Å². The van der Waals surface area contributed by atoms with Gasteiger partial charge in [0.05, 0.1) is 24.3 Å². The normalized spacial score (nSPS) is 41.7. The first-order valence-corrected chi connectivity index (χ1v) is 5.31. The predicted molar refractivity (Wildman–Crippen MR) is 58.1 cm³/mol. The van der Waals surface area contributed by atoms with Crippen molar-refractivity contribution in [3.8, 4) is 0 Å². The van der Waals surface area contributed by atoms with Crippen molar-refractivity contribution in [3.05, 3.63) is 0 Å². The molecule has 0 spiro atoms.